The predicted molar refractivity (Wildman–Crippen MR) is 67.2 cm³/mol. The molecule has 0 saturated carbocycles. The maximum absolute atomic E-state index is 11.2. The molecule has 0 fully saturated rings. The van der Waals surface area contributed by atoms with Crippen molar-refractivity contribution in [3.8, 4) is 5.69 Å². The van der Waals surface area contributed by atoms with Crippen LogP contribution in [0.25, 0.3) is 5.69 Å². The molecule has 0 atom stereocenters. The smallest absolute Gasteiger partial charge is 0.338 e. The molecule has 18 heavy (non-hydrogen) atoms. The number of nitrogens with zero attached hydrogens (tertiary/aromatic N) is 3. The van der Waals surface area contributed by atoms with Crippen LogP contribution in [-0.4, -0.2) is 25.8 Å². The number of anilines is 1. The van der Waals surface area contributed by atoms with E-state index in [1.54, 1.807) is 13.8 Å². The van der Waals surface area contributed by atoms with Crippen molar-refractivity contribution < 1.29 is 9.90 Å². The number of aryl methyl sites for hydroxylation is 1. The Balaban J connectivity index is 2.71. The van der Waals surface area contributed by atoms with Crippen LogP contribution in [0.5, 0.6) is 0 Å². The molecule has 94 valence electrons. The van der Waals surface area contributed by atoms with Crippen LogP contribution in [0.4, 0.5) is 5.82 Å². The van der Waals surface area contributed by atoms with Crippen LogP contribution in [0.1, 0.15) is 21.7 Å². The maximum atomic E-state index is 11.2. The highest BCUT2D eigenvalue weighted by Gasteiger charge is 2.17. The minimum absolute atomic E-state index is 0.0322. The van der Waals surface area contributed by atoms with Crippen molar-refractivity contribution in [3.63, 3.8) is 0 Å². The van der Waals surface area contributed by atoms with Crippen LogP contribution in [0.15, 0.2) is 12.3 Å². The highest BCUT2D eigenvalue weighted by atomic mass is 35.5. The van der Waals surface area contributed by atoms with E-state index in [2.05, 4.69) is 10.1 Å². The molecular weight excluding hydrogens is 256 g/mol. The van der Waals surface area contributed by atoms with Gasteiger partial charge >= 0.3 is 5.97 Å². The molecule has 0 amide bonds. The Morgan fingerprint density at radius 2 is 2.17 bits per heavy atom. The van der Waals surface area contributed by atoms with E-state index in [0.717, 1.165) is 0 Å². The van der Waals surface area contributed by atoms with E-state index >= 15 is 0 Å². The summed E-state index contributed by atoms with van der Waals surface area (Å²) < 4.78 is 1.45. The normalized spacial score (nSPS) is 10.6. The zero-order valence-electron chi connectivity index (χ0n) is 9.81. The van der Waals surface area contributed by atoms with Gasteiger partial charge in [0.1, 0.15) is 5.82 Å². The molecule has 0 aromatic carbocycles. The molecular formula is C11H11ClN4O2. The lowest BCUT2D eigenvalue weighted by Gasteiger charge is -2.08. The van der Waals surface area contributed by atoms with Crippen molar-refractivity contribution in [1.82, 2.24) is 14.8 Å². The van der Waals surface area contributed by atoms with Gasteiger partial charge in [-0.15, -0.1) is 0 Å². The quantitative estimate of drug-likeness (QED) is 0.865. The number of aromatic carboxylic acids is 1. The van der Waals surface area contributed by atoms with Gasteiger partial charge in [0.2, 0.25) is 0 Å². The highest BCUT2D eigenvalue weighted by Crippen LogP contribution is 2.24. The Morgan fingerprint density at radius 3 is 2.67 bits per heavy atom. The third-order valence-corrected chi connectivity index (χ3v) is 3.11. The van der Waals surface area contributed by atoms with Crippen molar-refractivity contribution in [2.45, 2.75) is 13.8 Å². The number of aromatic nitrogens is 3. The monoisotopic (exact) mass is 266 g/mol. The first-order valence-electron chi connectivity index (χ1n) is 5.12. The molecule has 7 heteroatoms. The van der Waals surface area contributed by atoms with E-state index in [1.165, 1.54) is 16.9 Å². The summed E-state index contributed by atoms with van der Waals surface area (Å²) in [7, 11) is 0. The van der Waals surface area contributed by atoms with Crippen molar-refractivity contribution >= 4 is 23.4 Å². The topological polar surface area (TPSA) is 94.0 Å². The van der Waals surface area contributed by atoms with Gasteiger partial charge < -0.3 is 10.8 Å². The second-order valence-corrected chi connectivity index (χ2v) is 4.21. The lowest BCUT2D eigenvalue weighted by molar-refractivity contribution is 0.0696. The molecule has 0 saturated heterocycles. The predicted octanol–water partition coefficient (Wildman–Crippen LogP) is 1.82. The standard InChI is InChI=1S/C11H11ClN4O2/c1-5-10(12)6(2)16(15-5)8-4-14-9(13)3-7(8)11(17)18/h3-4H,1-2H3,(H2,13,14)(H,17,18). The molecule has 2 aromatic heterocycles. The SMILES string of the molecule is Cc1nn(-c2cnc(N)cc2C(=O)O)c(C)c1Cl. The molecule has 3 N–H and O–H groups in total. The van der Waals surface area contributed by atoms with Gasteiger partial charge in [0, 0.05) is 0 Å². The average molecular weight is 267 g/mol. The Labute approximate surface area is 108 Å². The summed E-state index contributed by atoms with van der Waals surface area (Å²) in [4.78, 5) is 15.1. The van der Waals surface area contributed by atoms with Gasteiger partial charge in [-0.3, -0.25) is 0 Å². The van der Waals surface area contributed by atoms with Crippen molar-refractivity contribution in [3.05, 3.63) is 34.2 Å². The Kier molecular flexibility index (Phi) is 2.96. The first kappa shape index (κ1) is 12.4. The Bertz CT molecular complexity index is 636. The number of carbonyl (C=O) groups is 1. The summed E-state index contributed by atoms with van der Waals surface area (Å²) in [6.45, 7) is 3.50. The molecule has 0 radical (unpaired) electrons. The lowest BCUT2D eigenvalue weighted by Crippen LogP contribution is -2.10. The lowest BCUT2D eigenvalue weighted by atomic mass is 10.2. The van der Waals surface area contributed by atoms with E-state index in [4.69, 9.17) is 22.4 Å². The van der Waals surface area contributed by atoms with E-state index in [0.29, 0.717) is 22.1 Å². The van der Waals surface area contributed by atoms with Crippen LogP contribution < -0.4 is 5.73 Å². The molecule has 0 unspecified atom stereocenters. The summed E-state index contributed by atoms with van der Waals surface area (Å²) >= 11 is 6.04. The fourth-order valence-electron chi connectivity index (χ4n) is 1.66. The zero-order valence-corrected chi connectivity index (χ0v) is 10.6. The summed E-state index contributed by atoms with van der Waals surface area (Å²) in [6.07, 6.45) is 1.37. The summed E-state index contributed by atoms with van der Waals surface area (Å²) in [5, 5.41) is 13.9. The number of pyridine rings is 1. The van der Waals surface area contributed by atoms with Crippen LogP contribution in [0, 0.1) is 13.8 Å². The van der Waals surface area contributed by atoms with Gasteiger partial charge in [-0.25, -0.2) is 14.5 Å². The maximum Gasteiger partial charge on any atom is 0.338 e. The molecule has 0 aliphatic heterocycles. The number of carboxylic acids is 1. The zero-order chi connectivity index (χ0) is 13.4. The van der Waals surface area contributed by atoms with Crippen LogP contribution in [-0.2, 0) is 0 Å². The molecule has 0 aliphatic rings. The molecule has 0 bridgehead atoms. The van der Waals surface area contributed by atoms with E-state index in [1.807, 2.05) is 0 Å². The van der Waals surface area contributed by atoms with Gasteiger partial charge in [-0.2, -0.15) is 5.10 Å². The van der Waals surface area contributed by atoms with Crippen LogP contribution in [0.2, 0.25) is 5.02 Å². The Hall–Kier alpha value is -2.08. The molecule has 2 heterocycles. The number of carboxylic acid groups (broad SMARTS) is 1. The highest BCUT2D eigenvalue weighted by molar-refractivity contribution is 6.31. The van der Waals surface area contributed by atoms with Gasteiger partial charge in [0.25, 0.3) is 0 Å². The summed E-state index contributed by atoms with van der Waals surface area (Å²) in [5.41, 5.74) is 7.14. The third kappa shape index (κ3) is 1.91. The van der Waals surface area contributed by atoms with Crippen LogP contribution >= 0.6 is 11.6 Å². The second kappa shape index (κ2) is 4.30. The fourth-order valence-corrected chi connectivity index (χ4v) is 1.78. The Morgan fingerprint density at radius 1 is 1.50 bits per heavy atom. The second-order valence-electron chi connectivity index (χ2n) is 3.83. The van der Waals surface area contributed by atoms with E-state index < -0.39 is 5.97 Å². The minimum atomic E-state index is -1.09. The fraction of sp³-hybridized carbons (Fsp3) is 0.182. The minimum Gasteiger partial charge on any atom is -0.478 e. The van der Waals surface area contributed by atoms with Crippen molar-refractivity contribution in [2.24, 2.45) is 0 Å². The first-order chi connectivity index (χ1) is 8.41. The largest absolute Gasteiger partial charge is 0.478 e. The molecule has 2 rings (SSSR count). The van der Waals surface area contributed by atoms with Gasteiger partial charge in [0.05, 0.1) is 33.9 Å². The third-order valence-electron chi connectivity index (χ3n) is 2.57. The first-order valence-corrected chi connectivity index (χ1v) is 5.50. The number of halogens is 1. The average Bonchev–Trinajstić information content (AvgIpc) is 2.57. The van der Waals surface area contributed by atoms with E-state index in [9.17, 15) is 4.79 Å². The number of nitrogens with two attached hydrogens (primary N) is 1. The van der Waals surface area contributed by atoms with Crippen molar-refractivity contribution in [2.75, 3.05) is 5.73 Å². The molecule has 6 nitrogen and oxygen atoms in total. The van der Waals surface area contributed by atoms with Crippen molar-refractivity contribution in [1.29, 1.82) is 0 Å². The number of nitrogen functional groups attached to an aromatic ring is 1. The van der Waals surface area contributed by atoms with Gasteiger partial charge in [0.15, 0.2) is 0 Å². The number of rotatable bonds is 2. The van der Waals surface area contributed by atoms with E-state index in [-0.39, 0.29) is 11.4 Å². The molecule has 0 aliphatic carbocycles. The number of hydrogen-bond donors (Lipinski definition) is 2. The molecule has 2 aromatic rings. The van der Waals surface area contributed by atoms with Gasteiger partial charge in [-0.1, -0.05) is 11.6 Å². The number of hydrogen-bond acceptors (Lipinski definition) is 4. The molecule has 0 spiro atoms. The van der Waals surface area contributed by atoms with Gasteiger partial charge in [-0.05, 0) is 19.9 Å². The summed E-state index contributed by atoms with van der Waals surface area (Å²) in [5.74, 6) is -0.952. The summed E-state index contributed by atoms with van der Waals surface area (Å²) in [6, 6.07) is 1.29. The van der Waals surface area contributed by atoms with Crippen LogP contribution in [0.3, 0.4) is 0 Å².